The number of halogens is 3. The van der Waals surface area contributed by atoms with Crippen LogP contribution in [-0.4, -0.2) is 57.0 Å². The quantitative estimate of drug-likeness (QED) is 0.837. The van der Waals surface area contributed by atoms with Crippen LogP contribution in [0, 0.1) is 0 Å². The van der Waals surface area contributed by atoms with Crippen LogP contribution >= 0.6 is 0 Å². The molecule has 22 heavy (non-hydrogen) atoms. The molecular weight excluding hydrogens is 305 g/mol. The molecule has 1 aliphatic heterocycles. The van der Waals surface area contributed by atoms with Gasteiger partial charge in [0, 0.05) is 44.5 Å². The van der Waals surface area contributed by atoms with Gasteiger partial charge >= 0.3 is 18.1 Å². The van der Waals surface area contributed by atoms with Gasteiger partial charge in [-0.3, -0.25) is 14.4 Å². The minimum Gasteiger partial charge on any atom is -0.476 e. The van der Waals surface area contributed by atoms with Crippen molar-refractivity contribution in [1.29, 1.82) is 0 Å². The molecule has 7 nitrogen and oxygen atoms in total. The number of carbonyl (C=O) groups is 2. The smallest absolute Gasteiger partial charge is 0.471 e. The summed E-state index contributed by atoms with van der Waals surface area (Å²) in [6.45, 7) is 0.959. The first kappa shape index (κ1) is 16.3. The summed E-state index contributed by atoms with van der Waals surface area (Å²) < 4.78 is 37.9. The van der Waals surface area contributed by atoms with E-state index in [2.05, 4.69) is 5.10 Å². The highest BCUT2D eigenvalue weighted by molar-refractivity contribution is 5.86. The van der Waals surface area contributed by atoms with Gasteiger partial charge < -0.3 is 10.4 Å². The van der Waals surface area contributed by atoms with Crippen LogP contribution in [0.3, 0.4) is 0 Å². The lowest BCUT2D eigenvalue weighted by molar-refractivity contribution is -0.174. The van der Waals surface area contributed by atoms with Gasteiger partial charge in [0.05, 0.1) is 0 Å². The molecule has 1 aromatic heterocycles. The number of rotatable bonds is 4. The van der Waals surface area contributed by atoms with Crippen molar-refractivity contribution in [1.82, 2.24) is 20.0 Å². The molecule has 0 aliphatic carbocycles. The average molecular weight is 320 g/mol. The standard InChI is InChI=1S/C12H15F3N4O3/c1-18-4-7(9(17-18)10(20)21)5-19-3-2-8(6-19)16-11(22)12(13,14)15/h4,8H,2-3,5-6H2,1H3,(H,16,22)(H,20,21). The zero-order valence-corrected chi connectivity index (χ0v) is 11.7. The molecule has 0 radical (unpaired) electrons. The predicted octanol–water partition coefficient (Wildman–Crippen LogP) is 0.371. The molecule has 1 aliphatic rings. The molecule has 1 amide bonds. The Morgan fingerprint density at radius 1 is 1.50 bits per heavy atom. The maximum Gasteiger partial charge on any atom is 0.471 e. The molecule has 1 atom stereocenters. The Hall–Kier alpha value is -2.10. The monoisotopic (exact) mass is 320 g/mol. The third-order valence-corrected chi connectivity index (χ3v) is 3.37. The number of aromatic carboxylic acids is 1. The Kier molecular flexibility index (Phi) is 4.40. The lowest BCUT2D eigenvalue weighted by atomic mass is 10.2. The Labute approximate surface area is 123 Å². The van der Waals surface area contributed by atoms with Gasteiger partial charge in [-0.05, 0) is 6.42 Å². The van der Waals surface area contributed by atoms with Crippen molar-refractivity contribution in [2.75, 3.05) is 13.1 Å². The fourth-order valence-electron chi connectivity index (χ4n) is 2.44. The molecule has 1 fully saturated rings. The summed E-state index contributed by atoms with van der Waals surface area (Å²) in [5, 5.41) is 14.8. The van der Waals surface area contributed by atoms with Crippen LogP contribution in [0.1, 0.15) is 22.5 Å². The second-order valence-electron chi connectivity index (χ2n) is 5.17. The normalized spacial score (nSPS) is 19.4. The number of carboxylic acid groups (broad SMARTS) is 1. The van der Waals surface area contributed by atoms with Gasteiger partial charge in [0.2, 0.25) is 0 Å². The largest absolute Gasteiger partial charge is 0.476 e. The van der Waals surface area contributed by atoms with E-state index in [0.717, 1.165) is 0 Å². The third kappa shape index (κ3) is 3.75. The van der Waals surface area contributed by atoms with Crippen molar-refractivity contribution in [3.05, 3.63) is 17.5 Å². The zero-order valence-electron chi connectivity index (χ0n) is 11.7. The number of amides is 1. The third-order valence-electron chi connectivity index (χ3n) is 3.37. The van der Waals surface area contributed by atoms with Crippen molar-refractivity contribution >= 4 is 11.9 Å². The van der Waals surface area contributed by atoms with Gasteiger partial charge in [-0.25, -0.2) is 4.79 Å². The molecule has 1 saturated heterocycles. The van der Waals surface area contributed by atoms with Crippen molar-refractivity contribution in [2.45, 2.75) is 25.2 Å². The summed E-state index contributed by atoms with van der Waals surface area (Å²) in [4.78, 5) is 23.7. The van der Waals surface area contributed by atoms with E-state index in [1.165, 1.54) is 4.68 Å². The highest BCUT2D eigenvalue weighted by Gasteiger charge is 2.40. The summed E-state index contributed by atoms with van der Waals surface area (Å²) in [7, 11) is 1.59. The number of hydrogen-bond acceptors (Lipinski definition) is 4. The van der Waals surface area contributed by atoms with Crippen molar-refractivity contribution in [3.8, 4) is 0 Å². The Bertz CT molecular complexity index is 585. The summed E-state index contributed by atoms with van der Waals surface area (Å²) >= 11 is 0. The van der Waals surface area contributed by atoms with Crippen LogP contribution < -0.4 is 5.32 Å². The number of alkyl halides is 3. The highest BCUT2D eigenvalue weighted by atomic mass is 19.4. The summed E-state index contributed by atoms with van der Waals surface area (Å²) in [5.74, 6) is -3.11. The van der Waals surface area contributed by atoms with Crippen LogP contribution in [0.4, 0.5) is 13.2 Å². The summed E-state index contributed by atoms with van der Waals surface area (Å²) in [6.07, 6.45) is -2.96. The number of carboxylic acids is 1. The van der Waals surface area contributed by atoms with E-state index in [0.29, 0.717) is 18.5 Å². The molecule has 0 bridgehead atoms. The number of aryl methyl sites for hydroxylation is 1. The van der Waals surface area contributed by atoms with Crippen molar-refractivity contribution in [3.63, 3.8) is 0 Å². The first-order valence-electron chi connectivity index (χ1n) is 6.52. The molecule has 1 aromatic rings. The number of nitrogens with one attached hydrogen (secondary N) is 1. The Morgan fingerprint density at radius 2 is 2.18 bits per heavy atom. The van der Waals surface area contributed by atoms with Crippen molar-refractivity contribution in [2.24, 2.45) is 7.05 Å². The van der Waals surface area contributed by atoms with Crippen LogP contribution in [0.15, 0.2) is 6.20 Å². The molecule has 0 spiro atoms. The topological polar surface area (TPSA) is 87.5 Å². The summed E-state index contributed by atoms with van der Waals surface area (Å²) in [5.41, 5.74) is 0.406. The van der Waals surface area contributed by atoms with E-state index in [1.807, 2.05) is 5.32 Å². The van der Waals surface area contributed by atoms with E-state index in [9.17, 15) is 22.8 Å². The van der Waals surface area contributed by atoms with Crippen LogP contribution in [-0.2, 0) is 18.4 Å². The Balaban J connectivity index is 1.94. The van der Waals surface area contributed by atoms with E-state index in [1.54, 1.807) is 18.1 Å². The van der Waals surface area contributed by atoms with Gasteiger partial charge in [0.15, 0.2) is 5.69 Å². The van der Waals surface area contributed by atoms with Gasteiger partial charge in [-0.15, -0.1) is 0 Å². The number of aromatic nitrogens is 2. The van der Waals surface area contributed by atoms with E-state index < -0.39 is 24.1 Å². The fourth-order valence-corrected chi connectivity index (χ4v) is 2.44. The summed E-state index contributed by atoms with van der Waals surface area (Å²) in [6, 6.07) is -0.598. The minimum absolute atomic E-state index is 0.0784. The van der Waals surface area contributed by atoms with Crippen molar-refractivity contribution < 1.29 is 27.9 Å². The molecule has 0 aromatic carbocycles. The van der Waals surface area contributed by atoms with Crippen LogP contribution in [0.25, 0.3) is 0 Å². The maximum atomic E-state index is 12.2. The highest BCUT2D eigenvalue weighted by Crippen LogP contribution is 2.19. The van der Waals surface area contributed by atoms with Gasteiger partial charge in [-0.2, -0.15) is 18.3 Å². The number of likely N-dealkylation sites (tertiary alicyclic amines) is 1. The van der Waals surface area contributed by atoms with Gasteiger partial charge in [0.25, 0.3) is 0 Å². The molecule has 0 saturated carbocycles. The van der Waals surface area contributed by atoms with Gasteiger partial charge in [-0.1, -0.05) is 0 Å². The van der Waals surface area contributed by atoms with Crippen LogP contribution in [0.5, 0.6) is 0 Å². The predicted molar refractivity (Wildman–Crippen MR) is 68.0 cm³/mol. The number of hydrogen-bond donors (Lipinski definition) is 2. The molecule has 2 N–H and O–H groups in total. The SMILES string of the molecule is Cn1cc(CN2CCC(NC(=O)C(F)(F)F)C2)c(C(=O)O)n1. The average Bonchev–Trinajstić information content (AvgIpc) is 2.95. The minimum atomic E-state index is -4.90. The molecule has 2 heterocycles. The van der Waals surface area contributed by atoms with Crippen LogP contribution in [0.2, 0.25) is 0 Å². The lowest BCUT2D eigenvalue weighted by Gasteiger charge is -2.16. The second-order valence-corrected chi connectivity index (χ2v) is 5.17. The first-order valence-corrected chi connectivity index (χ1v) is 6.52. The lowest BCUT2D eigenvalue weighted by Crippen LogP contribution is -2.44. The molecule has 122 valence electrons. The fraction of sp³-hybridized carbons (Fsp3) is 0.583. The molecule has 1 unspecified atom stereocenters. The number of nitrogens with zero attached hydrogens (tertiary/aromatic N) is 3. The van der Waals surface area contributed by atoms with E-state index >= 15 is 0 Å². The molecular formula is C12H15F3N4O3. The number of carbonyl (C=O) groups excluding carboxylic acids is 1. The second kappa shape index (κ2) is 5.95. The van der Waals surface area contributed by atoms with E-state index in [4.69, 9.17) is 5.11 Å². The Morgan fingerprint density at radius 3 is 2.77 bits per heavy atom. The van der Waals surface area contributed by atoms with Gasteiger partial charge in [0.1, 0.15) is 0 Å². The molecule has 10 heteroatoms. The van der Waals surface area contributed by atoms with E-state index in [-0.39, 0.29) is 18.8 Å². The first-order chi connectivity index (χ1) is 10.2. The maximum absolute atomic E-state index is 12.2. The molecule has 2 rings (SSSR count). The zero-order chi connectivity index (χ0) is 16.5.